The zero-order valence-electron chi connectivity index (χ0n) is 13.6. The van der Waals surface area contributed by atoms with Gasteiger partial charge in [0, 0.05) is 20.0 Å². The Labute approximate surface area is 133 Å². The molecule has 0 aromatic heterocycles. The van der Waals surface area contributed by atoms with Gasteiger partial charge in [0.25, 0.3) is 5.91 Å². The Hall–Kier alpha value is -2.05. The molecule has 0 aliphatic rings. The fraction of sp³-hybridized carbons (Fsp3) is 0.500. The van der Waals surface area contributed by atoms with Gasteiger partial charge in [0.2, 0.25) is 5.91 Å². The molecule has 1 aromatic carbocycles. The number of benzene rings is 1. The average Bonchev–Trinajstić information content (AvgIpc) is 2.46. The first-order chi connectivity index (χ1) is 10.6. The van der Waals surface area contributed by atoms with Crippen LogP contribution < -0.4 is 5.32 Å². The fourth-order valence-corrected chi connectivity index (χ4v) is 2.43. The Morgan fingerprint density at radius 3 is 2.09 bits per heavy atom. The maximum Gasteiger partial charge on any atom is 0.416 e. The van der Waals surface area contributed by atoms with E-state index in [0.717, 1.165) is 12.1 Å². The van der Waals surface area contributed by atoms with Gasteiger partial charge in [0.1, 0.15) is 5.54 Å². The minimum absolute atomic E-state index is 0.0967. The summed E-state index contributed by atoms with van der Waals surface area (Å²) in [4.78, 5) is 25.7. The first-order valence-corrected chi connectivity index (χ1v) is 7.32. The summed E-state index contributed by atoms with van der Waals surface area (Å²) in [6.45, 7) is 6.96. The molecule has 0 aliphatic carbocycles. The maximum absolute atomic E-state index is 12.9. The second-order valence-corrected chi connectivity index (χ2v) is 5.36. The van der Waals surface area contributed by atoms with E-state index >= 15 is 0 Å². The highest BCUT2D eigenvalue weighted by Crippen LogP contribution is 2.32. The molecule has 0 fully saturated rings. The lowest BCUT2D eigenvalue weighted by molar-refractivity contribution is -0.141. The van der Waals surface area contributed by atoms with Crippen molar-refractivity contribution >= 4 is 11.8 Å². The Morgan fingerprint density at radius 2 is 1.65 bits per heavy atom. The van der Waals surface area contributed by atoms with Gasteiger partial charge in [-0.05, 0) is 38.5 Å². The van der Waals surface area contributed by atoms with Gasteiger partial charge in [0.15, 0.2) is 0 Å². The number of hydrogen-bond acceptors (Lipinski definition) is 2. The SMILES string of the molecule is CCN(CC)C(=O)[C@@](C)(NC(C)=O)c1cccc(C(F)(F)F)c1. The average molecular weight is 330 g/mol. The first kappa shape index (κ1) is 19.0. The van der Waals surface area contributed by atoms with Crippen molar-refractivity contribution in [2.75, 3.05) is 13.1 Å². The van der Waals surface area contributed by atoms with Crippen molar-refractivity contribution < 1.29 is 22.8 Å². The van der Waals surface area contributed by atoms with Crippen LogP contribution in [-0.2, 0) is 21.3 Å². The smallest absolute Gasteiger partial charge is 0.341 e. The number of carbonyl (C=O) groups excluding carboxylic acids is 2. The van der Waals surface area contributed by atoms with Crippen LogP contribution in [0.4, 0.5) is 13.2 Å². The summed E-state index contributed by atoms with van der Waals surface area (Å²) in [5.41, 5.74) is -2.32. The molecule has 0 heterocycles. The molecule has 0 saturated carbocycles. The molecule has 0 radical (unpaired) electrons. The number of likely N-dealkylation sites (N-methyl/N-ethyl adjacent to an activating group) is 1. The van der Waals surface area contributed by atoms with E-state index < -0.39 is 29.1 Å². The monoisotopic (exact) mass is 330 g/mol. The first-order valence-electron chi connectivity index (χ1n) is 7.32. The summed E-state index contributed by atoms with van der Waals surface area (Å²) in [6.07, 6.45) is -4.52. The predicted molar refractivity (Wildman–Crippen MR) is 80.5 cm³/mol. The van der Waals surface area contributed by atoms with E-state index in [1.807, 2.05) is 0 Å². The summed E-state index contributed by atoms with van der Waals surface area (Å²) in [6, 6.07) is 4.47. The lowest BCUT2D eigenvalue weighted by atomic mass is 9.88. The standard InChI is InChI=1S/C16H21F3N2O2/c1-5-21(6-2)14(23)15(4,20-11(3)22)12-8-7-9-13(10-12)16(17,18)19/h7-10H,5-6H2,1-4H3,(H,20,22)/t15-/m0/s1. The number of alkyl halides is 3. The molecule has 23 heavy (non-hydrogen) atoms. The van der Waals surface area contributed by atoms with E-state index in [4.69, 9.17) is 0 Å². The molecule has 1 aromatic rings. The van der Waals surface area contributed by atoms with Gasteiger partial charge in [-0.25, -0.2) is 0 Å². The number of rotatable bonds is 5. The molecule has 0 bridgehead atoms. The Morgan fingerprint density at radius 1 is 1.13 bits per heavy atom. The van der Waals surface area contributed by atoms with Crippen LogP contribution in [0.5, 0.6) is 0 Å². The third-order valence-corrected chi connectivity index (χ3v) is 3.67. The van der Waals surface area contributed by atoms with Gasteiger partial charge in [-0.2, -0.15) is 13.2 Å². The van der Waals surface area contributed by atoms with Crippen molar-refractivity contribution in [2.45, 2.75) is 39.4 Å². The lowest BCUT2D eigenvalue weighted by Crippen LogP contribution is -2.55. The molecule has 0 saturated heterocycles. The number of nitrogens with zero attached hydrogens (tertiary/aromatic N) is 1. The second kappa shape index (κ2) is 7.02. The van der Waals surface area contributed by atoms with Gasteiger partial charge < -0.3 is 10.2 Å². The molecular formula is C16H21F3N2O2. The molecule has 1 rings (SSSR count). The molecule has 0 unspecified atom stereocenters. The van der Waals surface area contributed by atoms with Gasteiger partial charge in [-0.3, -0.25) is 9.59 Å². The molecule has 128 valence electrons. The molecule has 1 N–H and O–H groups in total. The van der Waals surface area contributed by atoms with Gasteiger partial charge >= 0.3 is 6.18 Å². The number of hydrogen-bond donors (Lipinski definition) is 1. The van der Waals surface area contributed by atoms with E-state index in [-0.39, 0.29) is 5.56 Å². The van der Waals surface area contributed by atoms with Crippen LogP contribution in [0.25, 0.3) is 0 Å². The van der Waals surface area contributed by atoms with Crippen LogP contribution in [0.1, 0.15) is 38.8 Å². The van der Waals surface area contributed by atoms with Gasteiger partial charge in [-0.15, -0.1) is 0 Å². The predicted octanol–water partition coefficient (Wildman–Crippen LogP) is 2.93. The van der Waals surface area contributed by atoms with Crippen LogP contribution >= 0.6 is 0 Å². The van der Waals surface area contributed by atoms with Crippen LogP contribution in [0, 0.1) is 0 Å². The Kier molecular flexibility index (Phi) is 5.80. The van der Waals surface area contributed by atoms with Gasteiger partial charge in [-0.1, -0.05) is 12.1 Å². The lowest BCUT2D eigenvalue weighted by Gasteiger charge is -2.35. The number of amides is 2. The zero-order valence-corrected chi connectivity index (χ0v) is 13.6. The van der Waals surface area contributed by atoms with Gasteiger partial charge in [0.05, 0.1) is 5.56 Å². The number of carbonyl (C=O) groups is 2. The van der Waals surface area contributed by atoms with E-state index in [0.29, 0.717) is 13.1 Å². The molecule has 1 atom stereocenters. The Balaban J connectivity index is 3.42. The minimum Gasteiger partial charge on any atom is -0.341 e. The third kappa shape index (κ3) is 4.24. The largest absolute Gasteiger partial charge is 0.416 e. The second-order valence-electron chi connectivity index (χ2n) is 5.36. The quantitative estimate of drug-likeness (QED) is 0.902. The highest BCUT2D eigenvalue weighted by atomic mass is 19.4. The van der Waals surface area contributed by atoms with Crippen molar-refractivity contribution in [2.24, 2.45) is 0 Å². The molecular weight excluding hydrogens is 309 g/mol. The van der Waals surface area contributed by atoms with Crippen LogP contribution in [0.2, 0.25) is 0 Å². The van der Waals surface area contributed by atoms with E-state index in [1.165, 1.54) is 30.9 Å². The highest BCUT2D eigenvalue weighted by Gasteiger charge is 2.40. The van der Waals surface area contributed by atoms with Crippen molar-refractivity contribution in [1.82, 2.24) is 10.2 Å². The summed E-state index contributed by atoms with van der Waals surface area (Å²) >= 11 is 0. The van der Waals surface area contributed by atoms with E-state index in [1.54, 1.807) is 13.8 Å². The zero-order chi connectivity index (χ0) is 17.8. The van der Waals surface area contributed by atoms with E-state index in [2.05, 4.69) is 5.32 Å². The number of nitrogens with one attached hydrogen (secondary N) is 1. The molecule has 7 heteroatoms. The normalized spacial score (nSPS) is 14.0. The molecule has 4 nitrogen and oxygen atoms in total. The third-order valence-electron chi connectivity index (χ3n) is 3.67. The minimum atomic E-state index is -4.52. The van der Waals surface area contributed by atoms with Crippen molar-refractivity contribution in [3.8, 4) is 0 Å². The summed E-state index contributed by atoms with van der Waals surface area (Å²) in [7, 11) is 0. The fourth-order valence-electron chi connectivity index (χ4n) is 2.43. The Bertz CT molecular complexity index is 583. The molecule has 2 amide bonds. The summed E-state index contributed by atoms with van der Waals surface area (Å²) in [5, 5.41) is 2.50. The van der Waals surface area contributed by atoms with Crippen molar-refractivity contribution in [1.29, 1.82) is 0 Å². The van der Waals surface area contributed by atoms with Crippen molar-refractivity contribution in [3.63, 3.8) is 0 Å². The van der Waals surface area contributed by atoms with Crippen LogP contribution in [0.15, 0.2) is 24.3 Å². The number of halogens is 3. The molecule has 0 aliphatic heterocycles. The summed E-state index contributed by atoms with van der Waals surface area (Å²) < 4.78 is 38.8. The van der Waals surface area contributed by atoms with Crippen LogP contribution in [-0.4, -0.2) is 29.8 Å². The topological polar surface area (TPSA) is 49.4 Å². The van der Waals surface area contributed by atoms with Crippen LogP contribution in [0.3, 0.4) is 0 Å². The van der Waals surface area contributed by atoms with Crippen molar-refractivity contribution in [3.05, 3.63) is 35.4 Å². The molecule has 0 spiro atoms. The highest BCUT2D eigenvalue weighted by molar-refractivity contribution is 5.91. The van der Waals surface area contributed by atoms with E-state index in [9.17, 15) is 22.8 Å². The maximum atomic E-state index is 12.9. The summed E-state index contributed by atoms with van der Waals surface area (Å²) in [5.74, 6) is -0.942.